The van der Waals surface area contributed by atoms with E-state index >= 15 is 0 Å². The van der Waals surface area contributed by atoms with Crippen molar-refractivity contribution < 1.29 is 9.53 Å². The molecule has 0 bridgehead atoms. The second-order valence-electron chi connectivity index (χ2n) is 3.69. The van der Waals surface area contributed by atoms with Crippen molar-refractivity contribution in [3.05, 3.63) is 48.0 Å². The van der Waals surface area contributed by atoms with Gasteiger partial charge < -0.3 is 4.74 Å². The van der Waals surface area contributed by atoms with Crippen molar-refractivity contribution in [1.82, 2.24) is 0 Å². The van der Waals surface area contributed by atoms with Gasteiger partial charge in [-0.25, -0.2) is 4.79 Å². The molecule has 0 amide bonds. The van der Waals surface area contributed by atoms with Gasteiger partial charge in [0.05, 0.1) is 17.1 Å². The number of carbonyl (C=O) groups excluding carboxylic acids is 1. The molecule has 0 aromatic heterocycles. The van der Waals surface area contributed by atoms with Gasteiger partial charge in [-0.3, -0.25) is 0 Å². The average Bonchev–Trinajstić information content (AvgIpc) is 2.46. The van der Waals surface area contributed by atoms with Crippen LogP contribution in [0.3, 0.4) is 0 Å². The molecule has 0 spiro atoms. The van der Waals surface area contributed by atoms with Crippen LogP contribution in [-0.4, -0.2) is 23.6 Å². The lowest BCUT2D eigenvalue weighted by atomic mass is 10.2. The van der Waals surface area contributed by atoms with Gasteiger partial charge >= 0.3 is 5.97 Å². The molecule has 94 valence electrons. The Morgan fingerprint density at radius 2 is 2.00 bits per heavy atom. The molecular formula is C16H12O2S. The molecular weight excluding hydrogens is 256 g/mol. The van der Waals surface area contributed by atoms with Crippen molar-refractivity contribution in [2.24, 2.45) is 0 Å². The molecule has 19 heavy (non-hydrogen) atoms. The van der Waals surface area contributed by atoms with Crippen molar-refractivity contribution in [2.45, 2.75) is 6.10 Å². The lowest BCUT2D eigenvalue weighted by Gasteiger charge is -2.08. The van der Waals surface area contributed by atoms with E-state index in [2.05, 4.69) is 23.7 Å². The molecule has 0 fully saturated rings. The van der Waals surface area contributed by atoms with Crippen LogP contribution >= 0.6 is 11.8 Å². The van der Waals surface area contributed by atoms with Crippen LogP contribution < -0.4 is 0 Å². The minimum absolute atomic E-state index is 0.373. The van der Waals surface area contributed by atoms with Crippen molar-refractivity contribution in [3.63, 3.8) is 0 Å². The lowest BCUT2D eigenvalue weighted by Crippen LogP contribution is -2.14. The van der Waals surface area contributed by atoms with E-state index in [9.17, 15) is 4.79 Å². The van der Waals surface area contributed by atoms with Crippen molar-refractivity contribution >= 4 is 17.7 Å². The zero-order valence-corrected chi connectivity index (χ0v) is 11.1. The minimum atomic E-state index is -0.541. The number of benzene rings is 1. The van der Waals surface area contributed by atoms with Crippen molar-refractivity contribution in [1.29, 1.82) is 0 Å². The molecule has 1 aromatic rings. The van der Waals surface area contributed by atoms with E-state index in [1.807, 2.05) is 6.07 Å². The van der Waals surface area contributed by atoms with E-state index in [1.165, 1.54) is 0 Å². The fraction of sp³-hybridized carbons (Fsp3) is 0.188. The highest BCUT2D eigenvalue weighted by Crippen LogP contribution is 2.05. The first-order valence-corrected chi connectivity index (χ1v) is 6.99. The van der Waals surface area contributed by atoms with Crippen LogP contribution in [0, 0.1) is 23.7 Å². The third kappa shape index (κ3) is 4.58. The number of hydrogen-bond acceptors (Lipinski definition) is 3. The third-order valence-electron chi connectivity index (χ3n) is 2.29. The highest BCUT2D eigenvalue weighted by Gasteiger charge is 2.10. The first-order valence-electron chi connectivity index (χ1n) is 5.83. The second kappa shape index (κ2) is 7.36. The summed E-state index contributed by atoms with van der Waals surface area (Å²) in [4.78, 5) is 11.9. The summed E-state index contributed by atoms with van der Waals surface area (Å²) in [6, 6.07) is 8.89. The molecule has 1 aromatic carbocycles. The van der Waals surface area contributed by atoms with Gasteiger partial charge in [0.15, 0.2) is 6.10 Å². The van der Waals surface area contributed by atoms with Gasteiger partial charge in [-0.1, -0.05) is 41.9 Å². The van der Waals surface area contributed by atoms with Crippen LogP contribution in [0.15, 0.2) is 42.5 Å². The number of allylic oxidation sites excluding steroid dienone is 1. The zero-order valence-electron chi connectivity index (χ0n) is 10.3. The van der Waals surface area contributed by atoms with E-state index in [-0.39, 0.29) is 5.97 Å². The molecule has 2 rings (SSSR count). The Morgan fingerprint density at radius 1 is 1.21 bits per heavy atom. The zero-order chi connectivity index (χ0) is 13.3. The van der Waals surface area contributed by atoms with E-state index in [1.54, 1.807) is 48.2 Å². The lowest BCUT2D eigenvalue weighted by molar-refractivity contribution is 0.0475. The number of thioether (sulfide) groups is 1. The number of carbonyl (C=O) groups is 1. The predicted octanol–water partition coefficient (Wildman–Crippen LogP) is 2.52. The maximum Gasteiger partial charge on any atom is 0.339 e. The fourth-order valence-electron chi connectivity index (χ4n) is 1.41. The quantitative estimate of drug-likeness (QED) is 0.609. The van der Waals surface area contributed by atoms with Crippen LogP contribution in [0.1, 0.15) is 10.4 Å². The van der Waals surface area contributed by atoms with Gasteiger partial charge in [0.25, 0.3) is 0 Å². The molecule has 1 unspecified atom stereocenters. The first kappa shape index (κ1) is 13.3. The van der Waals surface area contributed by atoms with Crippen LogP contribution in [-0.2, 0) is 4.74 Å². The monoisotopic (exact) mass is 268 g/mol. The fourth-order valence-corrected chi connectivity index (χ4v) is 1.88. The molecule has 0 N–H and O–H groups in total. The van der Waals surface area contributed by atoms with E-state index in [0.717, 1.165) is 5.75 Å². The van der Waals surface area contributed by atoms with Crippen LogP contribution in [0.2, 0.25) is 0 Å². The maximum atomic E-state index is 11.9. The Balaban J connectivity index is 2.06. The normalized spacial score (nSPS) is 19.1. The standard InChI is InChI=1S/C16H12O2S/c17-16(14-8-3-1-4-9-14)18-15-10-5-2-6-12-19-13-7-11-15/h1,3-5,8-10,15H,12-13H2/b10-5-. The summed E-state index contributed by atoms with van der Waals surface area (Å²) >= 11 is 1.65. The van der Waals surface area contributed by atoms with Crippen LogP contribution in [0.25, 0.3) is 0 Å². The summed E-state index contributed by atoms with van der Waals surface area (Å²) in [5.74, 6) is 12.9. The molecule has 0 saturated carbocycles. The smallest absolute Gasteiger partial charge is 0.339 e. The number of esters is 1. The van der Waals surface area contributed by atoms with E-state index in [0.29, 0.717) is 11.3 Å². The van der Waals surface area contributed by atoms with Crippen molar-refractivity contribution in [3.8, 4) is 23.7 Å². The summed E-state index contributed by atoms with van der Waals surface area (Å²) in [7, 11) is 0. The summed E-state index contributed by atoms with van der Waals surface area (Å²) < 4.78 is 5.33. The molecule has 1 aliphatic heterocycles. The van der Waals surface area contributed by atoms with Gasteiger partial charge in [-0.05, 0) is 24.3 Å². The average molecular weight is 268 g/mol. The summed E-state index contributed by atoms with van der Waals surface area (Å²) in [6.07, 6.45) is 2.85. The minimum Gasteiger partial charge on any atom is -0.441 e. The van der Waals surface area contributed by atoms with Gasteiger partial charge in [0, 0.05) is 0 Å². The first-order chi connectivity index (χ1) is 9.36. The van der Waals surface area contributed by atoms with E-state index < -0.39 is 6.10 Å². The molecule has 1 heterocycles. The second-order valence-corrected chi connectivity index (χ2v) is 4.67. The van der Waals surface area contributed by atoms with E-state index in [4.69, 9.17) is 4.74 Å². The Bertz CT molecular complexity index is 582. The molecule has 0 saturated heterocycles. The molecule has 0 aliphatic carbocycles. The van der Waals surface area contributed by atoms with Crippen molar-refractivity contribution in [2.75, 3.05) is 11.5 Å². The molecule has 1 aliphatic rings. The third-order valence-corrected chi connectivity index (χ3v) is 2.99. The van der Waals surface area contributed by atoms with Crippen LogP contribution in [0.5, 0.6) is 0 Å². The summed E-state index contributed by atoms with van der Waals surface area (Å²) in [6.45, 7) is 0. The van der Waals surface area contributed by atoms with Gasteiger partial charge in [-0.2, -0.15) is 0 Å². The topological polar surface area (TPSA) is 26.3 Å². The molecule has 1 atom stereocenters. The number of rotatable bonds is 2. The Labute approximate surface area is 117 Å². The Morgan fingerprint density at radius 3 is 2.84 bits per heavy atom. The summed E-state index contributed by atoms with van der Waals surface area (Å²) in [5, 5.41) is 0. The summed E-state index contributed by atoms with van der Waals surface area (Å²) in [5.41, 5.74) is 0.523. The Hall–Kier alpha value is -2.10. The number of hydrogen-bond donors (Lipinski definition) is 0. The highest BCUT2D eigenvalue weighted by atomic mass is 32.2. The van der Waals surface area contributed by atoms with Crippen LogP contribution in [0.4, 0.5) is 0 Å². The van der Waals surface area contributed by atoms with Gasteiger partial charge in [-0.15, -0.1) is 11.8 Å². The predicted molar refractivity (Wildman–Crippen MR) is 77.7 cm³/mol. The SMILES string of the molecule is O=C(OC1C#CCSCC#C/C=C\1)c1ccccc1. The maximum absolute atomic E-state index is 11.9. The number of ether oxygens (including phenoxy) is 1. The van der Waals surface area contributed by atoms with Gasteiger partial charge in [0.1, 0.15) is 0 Å². The molecule has 0 radical (unpaired) electrons. The van der Waals surface area contributed by atoms with Gasteiger partial charge in [0.2, 0.25) is 0 Å². The molecule has 2 nitrogen and oxygen atoms in total. The highest BCUT2D eigenvalue weighted by molar-refractivity contribution is 7.99. The molecule has 3 heteroatoms. The Kier molecular flexibility index (Phi) is 5.17. The largest absolute Gasteiger partial charge is 0.441 e.